The second-order valence-electron chi connectivity index (χ2n) is 4.58. The van der Waals surface area contributed by atoms with Gasteiger partial charge < -0.3 is 14.8 Å². The van der Waals surface area contributed by atoms with Crippen LogP contribution in [0.2, 0.25) is 0 Å². The maximum atomic E-state index is 11.5. The molecule has 106 valence electrons. The van der Waals surface area contributed by atoms with Crippen molar-refractivity contribution in [3.8, 4) is 0 Å². The zero-order chi connectivity index (χ0) is 13.5. The van der Waals surface area contributed by atoms with Crippen molar-refractivity contribution in [2.45, 2.75) is 38.8 Å². The van der Waals surface area contributed by atoms with Crippen LogP contribution in [0, 0.1) is 6.92 Å². The third-order valence-electron chi connectivity index (χ3n) is 3.01. The first kappa shape index (κ1) is 14.0. The van der Waals surface area contributed by atoms with Gasteiger partial charge >= 0.3 is 0 Å². The average molecular weight is 269 g/mol. The van der Waals surface area contributed by atoms with Crippen LogP contribution in [-0.2, 0) is 20.8 Å². The van der Waals surface area contributed by atoms with Crippen molar-refractivity contribution >= 4 is 5.91 Å². The molecule has 7 heteroatoms. The highest BCUT2D eigenvalue weighted by molar-refractivity contribution is 5.77. The average Bonchev–Trinajstić information content (AvgIpc) is 2.83. The first-order valence-corrected chi connectivity index (χ1v) is 6.50. The standard InChI is InChI=1S/C12H19N3O4/c1-9-11(15-19-14-9)6-13-12(16)8-17-7-10-4-2-3-5-18-10/h10H,2-8H2,1H3,(H,13,16)/t10-/m0/s1. The summed E-state index contributed by atoms with van der Waals surface area (Å²) in [5.74, 6) is -0.182. The highest BCUT2D eigenvalue weighted by atomic mass is 16.6. The van der Waals surface area contributed by atoms with E-state index in [1.807, 2.05) is 0 Å². The van der Waals surface area contributed by atoms with E-state index in [9.17, 15) is 4.79 Å². The lowest BCUT2D eigenvalue weighted by Crippen LogP contribution is -2.30. The van der Waals surface area contributed by atoms with Gasteiger partial charge in [-0.3, -0.25) is 4.79 Å². The molecular weight excluding hydrogens is 250 g/mol. The molecule has 0 unspecified atom stereocenters. The lowest BCUT2D eigenvalue weighted by molar-refractivity contribution is -0.128. The normalized spacial score (nSPS) is 19.3. The Kier molecular flexibility index (Phi) is 5.29. The smallest absolute Gasteiger partial charge is 0.246 e. The van der Waals surface area contributed by atoms with Gasteiger partial charge in [0.1, 0.15) is 18.0 Å². The molecule has 1 N–H and O–H groups in total. The number of carbonyl (C=O) groups is 1. The Morgan fingerprint density at radius 1 is 1.47 bits per heavy atom. The van der Waals surface area contributed by atoms with Crippen LogP contribution in [0.25, 0.3) is 0 Å². The van der Waals surface area contributed by atoms with Crippen LogP contribution in [0.4, 0.5) is 0 Å². The van der Waals surface area contributed by atoms with Gasteiger partial charge in [-0.05, 0) is 26.2 Å². The fourth-order valence-corrected chi connectivity index (χ4v) is 1.87. The predicted molar refractivity (Wildman–Crippen MR) is 65.3 cm³/mol. The summed E-state index contributed by atoms with van der Waals surface area (Å²) in [5.41, 5.74) is 1.31. The summed E-state index contributed by atoms with van der Waals surface area (Å²) in [6.45, 7) is 3.37. The highest BCUT2D eigenvalue weighted by Gasteiger charge is 2.14. The Balaban J connectivity index is 1.58. The fraction of sp³-hybridized carbons (Fsp3) is 0.750. The lowest BCUT2D eigenvalue weighted by atomic mass is 10.1. The molecule has 0 bridgehead atoms. The summed E-state index contributed by atoms with van der Waals surface area (Å²) in [7, 11) is 0. The van der Waals surface area contributed by atoms with Gasteiger partial charge in [-0.2, -0.15) is 0 Å². The molecule has 1 aromatic rings. The van der Waals surface area contributed by atoms with Gasteiger partial charge in [-0.1, -0.05) is 10.3 Å². The van der Waals surface area contributed by atoms with Crippen molar-refractivity contribution in [2.75, 3.05) is 19.8 Å². The number of rotatable bonds is 6. The summed E-state index contributed by atoms with van der Waals surface area (Å²) in [4.78, 5) is 11.5. The van der Waals surface area contributed by atoms with Gasteiger partial charge in [0.15, 0.2) is 0 Å². The summed E-state index contributed by atoms with van der Waals surface area (Å²) in [6, 6.07) is 0. The minimum Gasteiger partial charge on any atom is -0.376 e. The second-order valence-corrected chi connectivity index (χ2v) is 4.58. The van der Waals surface area contributed by atoms with Crippen LogP contribution in [0.1, 0.15) is 30.7 Å². The lowest BCUT2D eigenvalue weighted by Gasteiger charge is -2.22. The Hall–Kier alpha value is -1.47. The highest BCUT2D eigenvalue weighted by Crippen LogP contribution is 2.12. The third kappa shape index (κ3) is 4.60. The molecule has 1 fully saturated rings. The number of aromatic nitrogens is 2. The van der Waals surface area contributed by atoms with Gasteiger partial charge in [-0.15, -0.1) is 0 Å². The molecule has 2 heterocycles. The summed E-state index contributed by atoms with van der Waals surface area (Å²) < 4.78 is 15.4. The Morgan fingerprint density at radius 3 is 3.05 bits per heavy atom. The SMILES string of the molecule is Cc1nonc1CNC(=O)COC[C@@H]1CCCCO1. The summed E-state index contributed by atoms with van der Waals surface area (Å²) in [5, 5.41) is 10.0. The fourth-order valence-electron chi connectivity index (χ4n) is 1.87. The van der Waals surface area contributed by atoms with Crippen molar-refractivity contribution in [2.24, 2.45) is 0 Å². The molecule has 1 atom stereocenters. The molecule has 1 aliphatic rings. The molecule has 7 nitrogen and oxygen atoms in total. The number of hydrogen-bond donors (Lipinski definition) is 1. The quantitative estimate of drug-likeness (QED) is 0.813. The largest absolute Gasteiger partial charge is 0.376 e. The van der Waals surface area contributed by atoms with E-state index in [0.29, 0.717) is 24.5 Å². The maximum Gasteiger partial charge on any atom is 0.246 e. The number of nitrogens with one attached hydrogen (secondary N) is 1. The van der Waals surface area contributed by atoms with E-state index in [1.165, 1.54) is 6.42 Å². The summed E-state index contributed by atoms with van der Waals surface area (Å²) in [6.07, 6.45) is 3.41. The van der Waals surface area contributed by atoms with E-state index in [-0.39, 0.29) is 18.6 Å². The monoisotopic (exact) mass is 269 g/mol. The van der Waals surface area contributed by atoms with Crippen molar-refractivity contribution in [3.63, 3.8) is 0 Å². The number of ether oxygens (including phenoxy) is 2. The Bertz CT molecular complexity index is 401. The summed E-state index contributed by atoms with van der Waals surface area (Å²) >= 11 is 0. The molecule has 0 saturated carbocycles. The van der Waals surface area contributed by atoms with Crippen LogP contribution in [0.3, 0.4) is 0 Å². The van der Waals surface area contributed by atoms with E-state index >= 15 is 0 Å². The van der Waals surface area contributed by atoms with Crippen LogP contribution in [0.5, 0.6) is 0 Å². The topological polar surface area (TPSA) is 86.5 Å². The van der Waals surface area contributed by atoms with Crippen molar-refractivity contribution in [3.05, 3.63) is 11.4 Å². The molecule has 1 aromatic heterocycles. The molecule has 0 aliphatic carbocycles. The maximum absolute atomic E-state index is 11.5. The van der Waals surface area contributed by atoms with E-state index in [4.69, 9.17) is 9.47 Å². The van der Waals surface area contributed by atoms with E-state index in [0.717, 1.165) is 19.4 Å². The van der Waals surface area contributed by atoms with Gasteiger partial charge in [0, 0.05) is 6.61 Å². The van der Waals surface area contributed by atoms with Gasteiger partial charge in [0.2, 0.25) is 5.91 Å². The molecule has 1 aliphatic heterocycles. The van der Waals surface area contributed by atoms with Gasteiger partial charge in [0.05, 0.1) is 19.3 Å². The Morgan fingerprint density at radius 2 is 2.37 bits per heavy atom. The van der Waals surface area contributed by atoms with E-state index in [2.05, 4.69) is 20.3 Å². The number of hydrogen-bond acceptors (Lipinski definition) is 6. The zero-order valence-corrected chi connectivity index (χ0v) is 11.1. The molecule has 1 saturated heterocycles. The zero-order valence-electron chi connectivity index (χ0n) is 11.1. The molecule has 0 spiro atoms. The van der Waals surface area contributed by atoms with Crippen LogP contribution >= 0.6 is 0 Å². The number of nitrogens with zero attached hydrogens (tertiary/aromatic N) is 2. The number of aryl methyl sites for hydroxylation is 1. The minimum absolute atomic E-state index is 0.0319. The predicted octanol–water partition coefficient (Wildman–Crippen LogP) is 0.580. The minimum atomic E-state index is -0.182. The van der Waals surface area contributed by atoms with E-state index < -0.39 is 0 Å². The van der Waals surface area contributed by atoms with E-state index in [1.54, 1.807) is 6.92 Å². The Labute approximate surface area is 111 Å². The van der Waals surface area contributed by atoms with Gasteiger partial charge in [-0.25, -0.2) is 4.63 Å². The van der Waals surface area contributed by atoms with Crippen molar-refractivity contribution in [1.82, 2.24) is 15.6 Å². The van der Waals surface area contributed by atoms with Gasteiger partial charge in [0.25, 0.3) is 0 Å². The van der Waals surface area contributed by atoms with Crippen LogP contribution in [-0.4, -0.2) is 42.1 Å². The molecule has 19 heavy (non-hydrogen) atoms. The van der Waals surface area contributed by atoms with Crippen molar-refractivity contribution in [1.29, 1.82) is 0 Å². The van der Waals surface area contributed by atoms with Crippen LogP contribution in [0.15, 0.2) is 4.63 Å². The first-order chi connectivity index (χ1) is 9.25. The third-order valence-corrected chi connectivity index (χ3v) is 3.01. The molecular formula is C12H19N3O4. The van der Waals surface area contributed by atoms with Crippen LogP contribution < -0.4 is 5.32 Å². The molecule has 0 radical (unpaired) electrons. The first-order valence-electron chi connectivity index (χ1n) is 6.50. The number of carbonyl (C=O) groups excluding carboxylic acids is 1. The molecule has 0 aromatic carbocycles. The molecule has 2 rings (SSSR count). The second kappa shape index (κ2) is 7.20. The molecule has 1 amide bonds. The van der Waals surface area contributed by atoms with Crippen molar-refractivity contribution < 1.29 is 18.9 Å². The number of amides is 1.